The van der Waals surface area contributed by atoms with Gasteiger partial charge < -0.3 is 4.74 Å². The van der Waals surface area contributed by atoms with E-state index in [2.05, 4.69) is 12.4 Å². The van der Waals surface area contributed by atoms with Gasteiger partial charge in [0.15, 0.2) is 7.23 Å². The lowest BCUT2D eigenvalue weighted by atomic mass is 10.1. The first kappa shape index (κ1) is 10.8. The summed E-state index contributed by atoms with van der Waals surface area (Å²) in [6.07, 6.45) is 4.06. The van der Waals surface area contributed by atoms with Crippen LogP contribution in [0.3, 0.4) is 0 Å². The van der Waals surface area contributed by atoms with Gasteiger partial charge in [-0.05, 0) is 19.1 Å². The Kier molecular flexibility index (Phi) is 2.66. The second-order valence-electron chi connectivity index (χ2n) is 3.65. The third-order valence-electron chi connectivity index (χ3n) is 2.32. The van der Waals surface area contributed by atoms with Crippen LogP contribution in [-0.4, -0.2) is 12.3 Å². The van der Waals surface area contributed by atoms with Gasteiger partial charge in [-0.25, -0.2) is 0 Å². The van der Waals surface area contributed by atoms with Gasteiger partial charge in [-0.15, -0.1) is 0 Å². The van der Waals surface area contributed by atoms with Crippen LogP contribution in [-0.2, 0) is 14.6 Å². The number of carbonyl (C=O) groups is 1. The molecule has 0 bridgehead atoms. The standard InChI is InChI=1S/C11H13O2P2/c1-8-5-4-6-10(7-8)11(13-9(2)12)14-15(11)3/h4-7,14H,3H2,1-2H3/q+1. The molecule has 3 unspecified atom stereocenters. The van der Waals surface area contributed by atoms with Gasteiger partial charge in [-0.3, -0.25) is 4.79 Å². The van der Waals surface area contributed by atoms with Gasteiger partial charge in [-0.1, -0.05) is 17.7 Å². The predicted octanol–water partition coefficient (Wildman–Crippen LogP) is 3.19. The smallest absolute Gasteiger partial charge is 0.348 e. The van der Waals surface area contributed by atoms with E-state index < -0.39 is 7.23 Å². The molecule has 15 heavy (non-hydrogen) atoms. The summed E-state index contributed by atoms with van der Waals surface area (Å²) in [4.78, 5) is 11.1. The molecule has 1 aliphatic rings. The number of aryl methyl sites for hydroxylation is 1. The lowest BCUT2D eigenvalue weighted by Crippen LogP contribution is -2.12. The maximum atomic E-state index is 11.1. The maximum Gasteiger partial charge on any atom is 0.348 e. The average molecular weight is 239 g/mol. The van der Waals surface area contributed by atoms with E-state index >= 15 is 0 Å². The van der Waals surface area contributed by atoms with Crippen LogP contribution in [0.4, 0.5) is 0 Å². The zero-order chi connectivity index (χ0) is 11.1. The molecular formula is C11H13O2P2+. The highest BCUT2D eigenvalue weighted by molar-refractivity contribution is 8.37. The molecule has 0 aromatic heterocycles. The van der Waals surface area contributed by atoms with Crippen molar-refractivity contribution >= 4 is 27.8 Å². The summed E-state index contributed by atoms with van der Waals surface area (Å²) in [5, 5.41) is -0.354. The minimum Gasteiger partial charge on any atom is -0.406 e. The lowest BCUT2D eigenvalue weighted by Gasteiger charge is -2.08. The monoisotopic (exact) mass is 239 g/mol. The van der Waals surface area contributed by atoms with Crippen molar-refractivity contribution in [2.75, 3.05) is 0 Å². The van der Waals surface area contributed by atoms with Crippen LogP contribution in [0, 0.1) is 6.92 Å². The molecular weight excluding hydrogens is 226 g/mol. The van der Waals surface area contributed by atoms with Crippen LogP contribution in [0.25, 0.3) is 0 Å². The van der Waals surface area contributed by atoms with E-state index in [9.17, 15) is 4.79 Å². The minimum absolute atomic E-state index is 0.211. The number of hydrogen-bond acceptors (Lipinski definition) is 2. The molecule has 2 nitrogen and oxygen atoms in total. The quantitative estimate of drug-likeness (QED) is 0.585. The minimum atomic E-state index is -0.405. The lowest BCUT2D eigenvalue weighted by molar-refractivity contribution is -0.144. The summed E-state index contributed by atoms with van der Waals surface area (Å²) in [5.41, 5.74) is 2.30. The molecule has 78 valence electrons. The molecule has 0 radical (unpaired) electrons. The first-order valence-electron chi connectivity index (χ1n) is 4.70. The third-order valence-corrected chi connectivity index (χ3v) is 7.13. The van der Waals surface area contributed by atoms with Crippen molar-refractivity contribution in [2.24, 2.45) is 0 Å². The molecule has 1 heterocycles. The highest BCUT2D eigenvalue weighted by Gasteiger charge is 2.68. The van der Waals surface area contributed by atoms with Crippen molar-refractivity contribution in [2.45, 2.75) is 18.9 Å². The number of rotatable bonds is 2. The van der Waals surface area contributed by atoms with Gasteiger partial charge in [0.05, 0.1) is 11.9 Å². The predicted molar refractivity (Wildman–Crippen MR) is 67.0 cm³/mol. The molecule has 0 N–H and O–H groups in total. The molecule has 1 aliphatic heterocycles. The van der Waals surface area contributed by atoms with E-state index in [-0.39, 0.29) is 11.1 Å². The van der Waals surface area contributed by atoms with Gasteiger partial charge in [0, 0.05) is 6.92 Å². The Bertz CT molecular complexity index is 442. The second kappa shape index (κ2) is 3.70. The average Bonchev–Trinajstić information content (AvgIpc) is 2.76. The molecule has 1 aromatic carbocycles. The van der Waals surface area contributed by atoms with E-state index in [1.807, 2.05) is 25.1 Å². The van der Waals surface area contributed by atoms with E-state index in [0.29, 0.717) is 8.27 Å². The normalized spacial score (nSPS) is 27.7. The Morgan fingerprint density at radius 3 is 2.73 bits per heavy atom. The number of esters is 1. The van der Waals surface area contributed by atoms with Crippen LogP contribution in [0.5, 0.6) is 0 Å². The largest absolute Gasteiger partial charge is 0.406 e. The molecule has 0 amide bonds. The third kappa shape index (κ3) is 1.97. The Labute approximate surface area is 92.1 Å². The SMILES string of the molecule is C=[P+]1PC1(OC(C)=O)c1cccc(C)c1. The summed E-state index contributed by atoms with van der Waals surface area (Å²) in [5.74, 6) is -0.211. The molecule has 3 atom stereocenters. The molecule has 1 saturated heterocycles. The van der Waals surface area contributed by atoms with Crippen LogP contribution in [0.15, 0.2) is 24.3 Å². The molecule has 4 heteroatoms. The van der Waals surface area contributed by atoms with E-state index in [1.165, 1.54) is 12.5 Å². The maximum absolute atomic E-state index is 11.1. The van der Waals surface area contributed by atoms with Crippen LogP contribution >= 0.6 is 15.5 Å². The van der Waals surface area contributed by atoms with Crippen molar-refractivity contribution < 1.29 is 9.53 Å². The molecule has 2 rings (SSSR count). The van der Waals surface area contributed by atoms with Crippen molar-refractivity contribution in [3.63, 3.8) is 0 Å². The van der Waals surface area contributed by atoms with E-state index in [4.69, 9.17) is 4.74 Å². The molecule has 0 saturated carbocycles. The molecule has 0 aliphatic carbocycles. The zero-order valence-electron chi connectivity index (χ0n) is 8.78. The fraction of sp³-hybridized carbons (Fsp3) is 0.273. The summed E-state index contributed by atoms with van der Waals surface area (Å²) in [6.45, 7) is 3.51. The Hall–Kier alpha value is -0.710. The van der Waals surface area contributed by atoms with Crippen LogP contribution in [0.1, 0.15) is 18.1 Å². The number of ether oxygens (including phenoxy) is 1. The van der Waals surface area contributed by atoms with Gasteiger partial charge >= 0.3 is 11.1 Å². The van der Waals surface area contributed by atoms with Crippen molar-refractivity contribution in [3.05, 3.63) is 35.4 Å². The Morgan fingerprint density at radius 2 is 2.27 bits per heavy atom. The van der Waals surface area contributed by atoms with Crippen LogP contribution < -0.4 is 0 Å². The highest BCUT2D eigenvalue weighted by atomic mass is 32.1. The molecule has 1 fully saturated rings. The summed E-state index contributed by atoms with van der Waals surface area (Å²) in [7, 11) is 0.241. The van der Waals surface area contributed by atoms with Gasteiger partial charge in [0.25, 0.3) is 0 Å². The number of benzene rings is 1. The van der Waals surface area contributed by atoms with Gasteiger partial charge in [-0.2, -0.15) is 0 Å². The zero-order valence-corrected chi connectivity index (χ0v) is 10.7. The number of carbonyl (C=O) groups excluding carboxylic acids is 1. The van der Waals surface area contributed by atoms with Crippen molar-refractivity contribution in [1.82, 2.24) is 0 Å². The molecule has 0 spiro atoms. The van der Waals surface area contributed by atoms with Crippen molar-refractivity contribution in [1.29, 1.82) is 0 Å². The van der Waals surface area contributed by atoms with E-state index in [0.717, 1.165) is 5.56 Å². The summed E-state index contributed by atoms with van der Waals surface area (Å²) in [6, 6.07) is 8.16. The van der Waals surface area contributed by atoms with Gasteiger partial charge in [0.2, 0.25) is 8.27 Å². The molecule has 1 aromatic rings. The second-order valence-corrected chi connectivity index (χ2v) is 8.77. The Morgan fingerprint density at radius 1 is 1.60 bits per heavy atom. The van der Waals surface area contributed by atoms with E-state index in [1.54, 1.807) is 0 Å². The first-order valence-corrected chi connectivity index (χ1v) is 8.07. The van der Waals surface area contributed by atoms with Crippen molar-refractivity contribution in [3.8, 4) is 0 Å². The topological polar surface area (TPSA) is 26.3 Å². The van der Waals surface area contributed by atoms with Crippen LogP contribution in [0.2, 0.25) is 0 Å². The fourth-order valence-electron chi connectivity index (χ4n) is 1.58. The highest BCUT2D eigenvalue weighted by Crippen LogP contribution is 2.88. The number of hydrogen-bond donors (Lipinski definition) is 0. The first-order chi connectivity index (χ1) is 7.04. The summed E-state index contributed by atoms with van der Waals surface area (Å²) >= 11 is 0. The Balaban J connectivity index is 2.36. The summed E-state index contributed by atoms with van der Waals surface area (Å²) < 4.78 is 5.44. The van der Waals surface area contributed by atoms with Gasteiger partial charge in [0.1, 0.15) is 0 Å². The fourth-order valence-corrected chi connectivity index (χ4v) is 5.69.